The summed E-state index contributed by atoms with van der Waals surface area (Å²) in [6.07, 6.45) is 0. The largest absolute Gasteiger partial charge is 0.455 e. The van der Waals surface area contributed by atoms with Crippen LogP contribution in [0, 0.1) is 0 Å². The van der Waals surface area contributed by atoms with Crippen LogP contribution in [0.2, 0.25) is 0 Å². The highest BCUT2D eigenvalue weighted by Crippen LogP contribution is 2.51. The molecule has 0 saturated carbocycles. The molecule has 0 fully saturated rings. The lowest BCUT2D eigenvalue weighted by atomic mass is 9.81. The van der Waals surface area contributed by atoms with Crippen LogP contribution in [-0.2, 0) is 5.41 Å². The predicted octanol–water partition coefficient (Wildman–Crippen LogP) is 28.7. The van der Waals surface area contributed by atoms with Gasteiger partial charge in [-0.25, -0.2) is 0 Å². The molecule has 0 radical (unpaired) electrons. The minimum absolute atomic E-state index is 0.0812. The first-order valence-corrected chi connectivity index (χ1v) is 36.2. The van der Waals surface area contributed by atoms with Crippen molar-refractivity contribution in [3.8, 4) is 89.0 Å². The molecule has 4 nitrogen and oxygen atoms in total. The van der Waals surface area contributed by atoms with Crippen LogP contribution in [0.25, 0.3) is 154 Å². The number of rotatable bonds is 13. The van der Waals surface area contributed by atoms with Gasteiger partial charge in [-0.2, -0.15) is 0 Å². The molecule has 0 spiro atoms. The van der Waals surface area contributed by atoms with E-state index in [9.17, 15) is 0 Å². The normalized spacial score (nSPS) is 12.4. The topological polar surface area (TPSA) is 32.8 Å². The Morgan fingerprint density at radius 1 is 0.210 bits per heavy atom. The molecule has 0 amide bonds. The number of para-hydroxylation sites is 2. The summed E-state index contributed by atoms with van der Waals surface area (Å²) in [5, 5.41) is 9.16. The van der Waals surface area contributed by atoms with E-state index in [0.717, 1.165) is 117 Å². The van der Waals surface area contributed by atoms with Crippen LogP contribution in [0.5, 0.6) is 0 Å². The third kappa shape index (κ3) is 10.4. The molecule has 17 aromatic carbocycles. The number of hydrogen-bond donors (Lipinski definition) is 0. The summed E-state index contributed by atoms with van der Waals surface area (Å²) >= 11 is 0. The lowest BCUT2D eigenvalue weighted by Gasteiger charge is -2.26. The standard InChI is InChI=1S/C101H68N2O2/c1-101(2)93-38-11-10-29-87(93)88-62-51-74(64-94(88)101)66-41-52-78(53-42-66)103(80-26-12-25-73(63-80)65-19-4-3-5-20-65)79-58-47-71(48-59-79)85-32-17-39-95-97(85)91-37-16-35-90(100(91)105-95)89-34-18-40-96-98(89)92-36-15-33-86(99(92)104-96)72-49-60-77(61-50-72)102(75-54-43-69(44-55-75)83-30-13-23-67-21-6-8-27-81(67)83)76-56-45-70(46-57-76)84-31-14-24-68-22-7-9-28-82(68)84/h3-64H,1-2H3. The highest BCUT2D eigenvalue weighted by molar-refractivity contribution is 6.21. The lowest BCUT2D eigenvalue weighted by Crippen LogP contribution is -2.14. The maximum Gasteiger partial charge on any atom is 0.143 e. The Labute approximate surface area is 609 Å². The van der Waals surface area contributed by atoms with Gasteiger partial charge >= 0.3 is 0 Å². The van der Waals surface area contributed by atoms with Crippen molar-refractivity contribution in [1.29, 1.82) is 0 Å². The summed E-state index contributed by atoms with van der Waals surface area (Å²) in [6.45, 7) is 4.70. The minimum Gasteiger partial charge on any atom is -0.455 e. The highest BCUT2D eigenvalue weighted by Gasteiger charge is 2.35. The number of furan rings is 2. The monoisotopic (exact) mass is 1340 g/mol. The van der Waals surface area contributed by atoms with E-state index in [1.54, 1.807) is 0 Å². The molecule has 20 rings (SSSR count). The van der Waals surface area contributed by atoms with Gasteiger partial charge in [-0.15, -0.1) is 0 Å². The fourth-order valence-electron chi connectivity index (χ4n) is 16.8. The van der Waals surface area contributed by atoms with E-state index in [-0.39, 0.29) is 5.41 Å². The van der Waals surface area contributed by atoms with Crippen LogP contribution in [0.1, 0.15) is 25.0 Å². The van der Waals surface area contributed by atoms with Crippen molar-refractivity contribution in [2.75, 3.05) is 9.80 Å². The van der Waals surface area contributed by atoms with Gasteiger partial charge in [0.2, 0.25) is 0 Å². The van der Waals surface area contributed by atoms with Gasteiger partial charge in [0.1, 0.15) is 22.3 Å². The van der Waals surface area contributed by atoms with Crippen molar-refractivity contribution >= 4 is 99.5 Å². The minimum atomic E-state index is -0.0812. The second-order valence-electron chi connectivity index (χ2n) is 28.2. The molecule has 4 heteroatoms. The van der Waals surface area contributed by atoms with E-state index in [1.807, 2.05) is 0 Å². The third-order valence-electron chi connectivity index (χ3n) is 21.9. The van der Waals surface area contributed by atoms with Crippen LogP contribution >= 0.6 is 0 Å². The van der Waals surface area contributed by atoms with E-state index in [2.05, 4.69) is 400 Å². The molecule has 494 valence electrons. The average Bonchev–Trinajstić information content (AvgIpc) is 1.62. The van der Waals surface area contributed by atoms with Gasteiger partial charge in [0.15, 0.2) is 0 Å². The zero-order valence-corrected chi connectivity index (χ0v) is 58.0. The van der Waals surface area contributed by atoms with Gasteiger partial charge in [-0.1, -0.05) is 299 Å². The summed E-state index contributed by atoms with van der Waals surface area (Å²) in [4.78, 5) is 4.73. The zero-order valence-electron chi connectivity index (χ0n) is 58.0. The summed E-state index contributed by atoms with van der Waals surface area (Å²) in [5.74, 6) is 0. The second-order valence-corrected chi connectivity index (χ2v) is 28.2. The Bertz CT molecular complexity index is 6450. The van der Waals surface area contributed by atoms with Crippen LogP contribution in [0.15, 0.2) is 385 Å². The molecular formula is C101H68N2O2. The van der Waals surface area contributed by atoms with Gasteiger partial charge in [0.05, 0.1) is 0 Å². The zero-order chi connectivity index (χ0) is 69.7. The molecule has 2 heterocycles. The maximum atomic E-state index is 7.08. The van der Waals surface area contributed by atoms with Crippen LogP contribution in [-0.4, -0.2) is 0 Å². The first-order valence-electron chi connectivity index (χ1n) is 36.2. The third-order valence-corrected chi connectivity index (χ3v) is 21.9. The molecule has 1 aliphatic rings. The van der Waals surface area contributed by atoms with E-state index < -0.39 is 0 Å². The molecule has 0 saturated heterocycles. The SMILES string of the molecule is CC1(C)c2ccccc2-c2ccc(-c3ccc(N(c4ccc(-c5cccc6oc7c(-c8cccc9oc%10c(-c%11ccc(N(c%12ccc(-c%13cccc%14ccccc%13%14)cc%12)c%12ccc(-c%13cccc%14ccccc%13%14)cc%12)cc%11)cccc%10c89)cccc7c56)cc4)c4cccc(-c5ccccc5)c4)cc3)cc21. The molecule has 0 atom stereocenters. The smallest absolute Gasteiger partial charge is 0.143 e. The molecule has 0 unspecified atom stereocenters. The fraction of sp³-hybridized carbons (Fsp3) is 0.0297. The molecule has 0 aliphatic heterocycles. The number of hydrogen-bond acceptors (Lipinski definition) is 4. The Morgan fingerprint density at radius 2 is 0.562 bits per heavy atom. The lowest BCUT2D eigenvalue weighted by molar-refractivity contribution is 0.660. The Kier molecular flexibility index (Phi) is 14.6. The van der Waals surface area contributed by atoms with Gasteiger partial charge in [0, 0.05) is 72.2 Å². The second kappa shape index (κ2) is 24.9. The summed E-state index contributed by atoms with van der Waals surface area (Å²) in [6, 6.07) is 137. The molecular weight excluding hydrogens is 1270 g/mol. The molecule has 2 aromatic heterocycles. The summed E-state index contributed by atoms with van der Waals surface area (Å²) < 4.78 is 14.1. The Hall–Kier alpha value is -13.5. The maximum absolute atomic E-state index is 7.08. The van der Waals surface area contributed by atoms with Crippen LogP contribution in [0.3, 0.4) is 0 Å². The van der Waals surface area contributed by atoms with Crippen molar-refractivity contribution in [2.45, 2.75) is 19.3 Å². The molecule has 0 bridgehead atoms. The van der Waals surface area contributed by atoms with Crippen molar-refractivity contribution in [1.82, 2.24) is 0 Å². The number of benzene rings is 17. The van der Waals surface area contributed by atoms with Crippen LogP contribution < -0.4 is 9.80 Å². The quantitative estimate of drug-likeness (QED) is 0.115. The number of nitrogens with zero attached hydrogens (tertiary/aromatic N) is 2. The first-order chi connectivity index (χ1) is 51.8. The van der Waals surface area contributed by atoms with Gasteiger partial charge in [-0.05, 0) is 202 Å². The Balaban J connectivity index is 0.631. The average molecular weight is 1340 g/mol. The summed E-state index contributed by atoms with van der Waals surface area (Å²) in [7, 11) is 0. The van der Waals surface area contributed by atoms with E-state index in [0.29, 0.717) is 0 Å². The van der Waals surface area contributed by atoms with Gasteiger partial charge in [-0.3, -0.25) is 0 Å². The van der Waals surface area contributed by atoms with E-state index >= 15 is 0 Å². The van der Waals surface area contributed by atoms with Crippen molar-refractivity contribution in [3.05, 3.63) is 387 Å². The molecule has 19 aromatic rings. The fourth-order valence-corrected chi connectivity index (χ4v) is 16.8. The van der Waals surface area contributed by atoms with Crippen molar-refractivity contribution < 1.29 is 8.83 Å². The molecule has 0 N–H and O–H groups in total. The van der Waals surface area contributed by atoms with E-state index in [1.165, 1.54) is 82.7 Å². The Morgan fingerprint density at radius 3 is 1.15 bits per heavy atom. The highest BCUT2D eigenvalue weighted by atomic mass is 16.3. The molecule has 1 aliphatic carbocycles. The van der Waals surface area contributed by atoms with E-state index in [4.69, 9.17) is 8.83 Å². The van der Waals surface area contributed by atoms with Crippen molar-refractivity contribution in [2.24, 2.45) is 0 Å². The van der Waals surface area contributed by atoms with Gasteiger partial charge in [0.25, 0.3) is 0 Å². The van der Waals surface area contributed by atoms with Crippen molar-refractivity contribution in [3.63, 3.8) is 0 Å². The number of fused-ring (bicyclic) bond motifs is 11. The first kappa shape index (κ1) is 61.3. The van der Waals surface area contributed by atoms with Crippen LogP contribution in [0.4, 0.5) is 34.1 Å². The van der Waals surface area contributed by atoms with Gasteiger partial charge < -0.3 is 18.6 Å². The number of anilines is 6. The summed E-state index contributed by atoms with van der Waals surface area (Å²) in [5.41, 5.74) is 30.9. The molecule has 105 heavy (non-hydrogen) atoms. The predicted molar refractivity (Wildman–Crippen MR) is 441 cm³/mol.